The molecule has 0 saturated carbocycles. The van der Waals surface area contributed by atoms with Crippen LogP contribution in [0.25, 0.3) is 0 Å². The Hall–Kier alpha value is -1.13. The lowest BCUT2D eigenvalue weighted by atomic mass is 10.3. The molecule has 0 amide bonds. The van der Waals surface area contributed by atoms with Gasteiger partial charge in [0.05, 0.1) is 0 Å². The van der Waals surface area contributed by atoms with E-state index in [0.717, 1.165) is 0 Å². The smallest absolute Gasteiger partial charge is 0.418 e. The predicted molar refractivity (Wildman–Crippen MR) is 66.8 cm³/mol. The minimum Gasteiger partial charge on any atom is -0.418 e. The average molecular weight is 362 g/mol. The lowest BCUT2D eigenvalue weighted by Crippen LogP contribution is -2.02. The topological polar surface area (TPSA) is 12.0 Å². The number of hydrogen-bond donors (Lipinski definition) is 1. The molecule has 1 N–H and O–H groups in total. The zero-order valence-electron chi connectivity index (χ0n) is 10.8. The second-order valence-corrected chi connectivity index (χ2v) is 2.27. The predicted octanol–water partition coefficient (Wildman–Crippen LogP) is 5.01. The average Bonchev–Trinajstić information content (AvgIpc) is 1.93. The van der Waals surface area contributed by atoms with Crippen LogP contribution in [0.1, 0.15) is 14.4 Å². The van der Waals surface area contributed by atoms with Crippen LogP contribution in [0.15, 0.2) is 0 Å². The fourth-order valence-electron chi connectivity index (χ4n) is 0. The van der Waals surface area contributed by atoms with Gasteiger partial charge < -0.3 is 57.1 Å². The minimum absolute atomic E-state index is 0. The largest absolute Gasteiger partial charge is 0.673 e. The number of halogens is 12. The maximum Gasteiger partial charge on any atom is 0.673 e. The Bertz CT molecular complexity index is 182. The molecule has 0 aliphatic carbocycles. The van der Waals surface area contributed by atoms with E-state index in [0.29, 0.717) is 0 Å². The van der Waals surface area contributed by atoms with E-state index in [1.807, 2.05) is 14.1 Å². The summed E-state index contributed by atoms with van der Waals surface area (Å²) < 4.78 is 117. The first kappa shape index (κ1) is 37.3. The summed E-state index contributed by atoms with van der Waals surface area (Å²) in [6, 6.07) is 0. The molecule has 0 heterocycles. The van der Waals surface area contributed by atoms with E-state index >= 15 is 0 Å². The van der Waals surface area contributed by atoms with Gasteiger partial charge in [-0.2, -0.15) is 0 Å². The van der Waals surface area contributed by atoms with Gasteiger partial charge in [-0.1, -0.05) is 7.43 Å². The number of nitrogens with one attached hydrogen (secondary N) is 1. The Balaban J connectivity index is -0.0000000367. The number of rotatable bonds is 0. The second kappa shape index (κ2) is 19.9. The molecule has 140 valence electrons. The highest BCUT2D eigenvalue weighted by molar-refractivity contribution is 6.50. The summed E-state index contributed by atoms with van der Waals surface area (Å²) in [5, 5.41) is 2.75. The Morgan fingerprint density at radius 3 is 0.636 bits per heavy atom. The number of hydrogen-bond acceptors (Lipinski definition) is 1. The molecule has 0 aromatic heterocycles. The summed E-state index contributed by atoms with van der Waals surface area (Å²) in [5.41, 5.74) is 0. The summed E-state index contributed by atoms with van der Waals surface area (Å²) in [6.45, 7) is 1.65. The molecule has 0 atom stereocenters. The van der Waals surface area contributed by atoms with Gasteiger partial charge in [0.1, 0.15) is 0 Å². The van der Waals surface area contributed by atoms with Crippen LogP contribution < -0.4 is 5.32 Å². The lowest BCUT2D eigenvalue weighted by Gasteiger charge is -1.94. The molecule has 0 aliphatic rings. The molecule has 0 bridgehead atoms. The first-order valence-corrected chi connectivity index (χ1v) is 4.41. The van der Waals surface area contributed by atoms with Crippen molar-refractivity contribution in [3.63, 3.8) is 0 Å². The summed E-state index contributed by atoms with van der Waals surface area (Å²) in [7, 11) is -14.2. The van der Waals surface area contributed by atoms with Crippen LogP contribution in [0, 0.1) is 12.3 Å². The van der Waals surface area contributed by atoms with Gasteiger partial charge in [-0.3, -0.25) is 0 Å². The Morgan fingerprint density at radius 1 is 0.636 bits per heavy atom. The van der Waals surface area contributed by atoms with E-state index in [2.05, 4.69) is 17.7 Å². The van der Waals surface area contributed by atoms with E-state index in [1.165, 1.54) is 0 Å². The van der Waals surface area contributed by atoms with Gasteiger partial charge >= 0.3 is 21.8 Å². The summed E-state index contributed by atoms with van der Waals surface area (Å²) in [4.78, 5) is 0. The van der Waals surface area contributed by atoms with Crippen LogP contribution >= 0.6 is 0 Å². The highest BCUT2D eigenvalue weighted by Gasteiger charge is 2.21. The van der Waals surface area contributed by atoms with Crippen molar-refractivity contribution in [2.24, 2.45) is 0 Å². The highest BCUT2D eigenvalue weighted by Crippen LogP contribution is 2.07. The minimum atomic E-state index is -6.00. The molecular formula is C6H15B3F12N-3. The van der Waals surface area contributed by atoms with E-state index in [-0.39, 0.29) is 7.43 Å². The van der Waals surface area contributed by atoms with Crippen molar-refractivity contribution in [1.82, 2.24) is 5.32 Å². The van der Waals surface area contributed by atoms with E-state index in [4.69, 9.17) is 0 Å². The van der Waals surface area contributed by atoms with Gasteiger partial charge in [0.2, 0.25) is 0 Å². The standard InChI is InChI=1S/C3H4.C2H7N.CH4.3BF4/c2*1-3-2;;3*2-1(3,4)5/h1H,2H3;3H,1-2H3;1H4;;;/q;;;3*-1. The first-order valence-electron chi connectivity index (χ1n) is 4.41. The fourth-order valence-corrected chi connectivity index (χ4v) is 0. The van der Waals surface area contributed by atoms with Crippen LogP contribution in [-0.4, -0.2) is 35.9 Å². The van der Waals surface area contributed by atoms with Crippen LogP contribution in [0.4, 0.5) is 51.8 Å². The molecule has 0 aromatic carbocycles. The van der Waals surface area contributed by atoms with Crippen molar-refractivity contribution in [1.29, 1.82) is 0 Å². The zero-order chi connectivity index (χ0) is 18.9. The molecule has 16 heteroatoms. The van der Waals surface area contributed by atoms with Crippen molar-refractivity contribution in [2.45, 2.75) is 14.4 Å². The van der Waals surface area contributed by atoms with Crippen LogP contribution in [0.5, 0.6) is 0 Å². The molecular weight excluding hydrogens is 346 g/mol. The van der Waals surface area contributed by atoms with E-state index < -0.39 is 21.8 Å². The third-order valence-corrected chi connectivity index (χ3v) is 0. The van der Waals surface area contributed by atoms with Crippen molar-refractivity contribution < 1.29 is 51.8 Å². The first-order chi connectivity index (χ1) is 8.83. The van der Waals surface area contributed by atoms with E-state index in [9.17, 15) is 51.8 Å². The van der Waals surface area contributed by atoms with Crippen LogP contribution in [0.3, 0.4) is 0 Å². The fraction of sp³-hybridized carbons (Fsp3) is 0.667. The van der Waals surface area contributed by atoms with Crippen LogP contribution in [0.2, 0.25) is 0 Å². The molecule has 0 rings (SSSR count). The normalized spacial score (nSPS) is 9.36. The molecule has 0 fully saturated rings. The third kappa shape index (κ3) is 4760. The van der Waals surface area contributed by atoms with Gasteiger partial charge in [0.15, 0.2) is 0 Å². The SMILES string of the molecule is C.C#CC.CNC.F[B-](F)(F)F.F[B-](F)(F)F.F[B-](F)(F)F. The molecule has 0 spiro atoms. The summed E-state index contributed by atoms with van der Waals surface area (Å²) >= 11 is 0. The van der Waals surface area contributed by atoms with Crippen LogP contribution in [-0.2, 0) is 0 Å². The molecule has 0 aromatic rings. The van der Waals surface area contributed by atoms with Gasteiger partial charge in [0.25, 0.3) is 0 Å². The van der Waals surface area contributed by atoms with Crippen molar-refractivity contribution in [2.75, 3.05) is 14.1 Å². The number of terminal acetylenes is 1. The molecule has 1 nitrogen and oxygen atoms in total. The molecule has 22 heavy (non-hydrogen) atoms. The van der Waals surface area contributed by atoms with Gasteiger partial charge in [0, 0.05) is 0 Å². The third-order valence-electron chi connectivity index (χ3n) is 0. The molecule has 0 unspecified atom stereocenters. The molecule has 0 aliphatic heterocycles. The summed E-state index contributed by atoms with van der Waals surface area (Å²) in [5.74, 6) is 2.25. The maximum absolute atomic E-state index is 9.75. The lowest BCUT2D eigenvalue weighted by molar-refractivity contribution is 0.366. The van der Waals surface area contributed by atoms with Gasteiger partial charge in [-0.25, -0.2) is 0 Å². The quantitative estimate of drug-likeness (QED) is 0.363. The monoisotopic (exact) mass is 362 g/mol. The van der Waals surface area contributed by atoms with Crippen molar-refractivity contribution in [3.05, 3.63) is 0 Å². The zero-order valence-corrected chi connectivity index (χ0v) is 10.8. The molecule has 0 saturated heterocycles. The van der Waals surface area contributed by atoms with Gasteiger partial charge in [-0.05, 0) is 21.0 Å². The van der Waals surface area contributed by atoms with E-state index in [1.54, 1.807) is 6.92 Å². The molecule has 0 radical (unpaired) electrons. The Morgan fingerprint density at radius 2 is 0.636 bits per heavy atom. The second-order valence-electron chi connectivity index (χ2n) is 2.27. The van der Waals surface area contributed by atoms with Crippen molar-refractivity contribution >= 4 is 21.8 Å². The van der Waals surface area contributed by atoms with Crippen molar-refractivity contribution in [3.8, 4) is 12.3 Å². The summed E-state index contributed by atoms with van der Waals surface area (Å²) in [6.07, 6.45) is 4.60. The highest BCUT2D eigenvalue weighted by atomic mass is 19.5. The Labute approximate surface area is 121 Å². The van der Waals surface area contributed by atoms with Gasteiger partial charge in [-0.15, -0.1) is 12.3 Å². The Kier molecular flexibility index (Phi) is 33.7. The maximum atomic E-state index is 9.75.